The average molecular weight is 366 g/mol. The normalized spacial score (nSPS) is 13.4. The van der Waals surface area contributed by atoms with Crippen molar-refractivity contribution in [2.24, 2.45) is 0 Å². The minimum Gasteiger partial charge on any atom is -0.392 e. The summed E-state index contributed by atoms with van der Waals surface area (Å²) in [7, 11) is -3.63. The molecule has 0 amide bonds. The van der Waals surface area contributed by atoms with E-state index in [0.29, 0.717) is 22.2 Å². The van der Waals surface area contributed by atoms with Crippen LogP contribution in [0.2, 0.25) is 0 Å². The summed E-state index contributed by atoms with van der Waals surface area (Å²) >= 11 is 3.31. The van der Waals surface area contributed by atoms with Crippen LogP contribution in [0.15, 0.2) is 21.5 Å². The Hall–Kier alpha value is -0.470. The first kappa shape index (κ1) is 17.6. The molecule has 1 unspecified atom stereocenters. The van der Waals surface area contributed by atoms with Crippen molar-refractivity contribution in [1.29, 1.82) is 0 Å². The Bertz CT molecular complexity index is 560. The second kappa shape index (κ2) is 7.51. The van der Waals surface area contributed by atoms with Crippen LogP contribution < -0.4 is 4.72 Å². The molecule has 20 heavy (non-hydrogen) atoms. The third kappa shape index (κ3) is 4.53. The van der Waals surface area contributed by atoms with Crippen molar-refractivity contribution in [1.82, 2.24) is 4.72 Å². The minimum absolute atomic E-state index is 0.166. The number of hydrogen-bond acceptors (Lipinski definition) is 4. The molecule has 1 aromatic carbocycles. The highest BCUT2D eigenvalue weighted by Crippen LogP contribution is 2.25. The summed E-state index contributed by atoms with van der Waals surface area (Å²) in [6, 6.07) is 3.19. The largest absolute Gasteiger partial charge is 0.392 e. The van der Waals surface area contributed by atoms with Gasteiger partial charge in [-0.2, -0.15) is 0 Å². The Morgan fingerprint density at radius 3 is 2.65 bits per heavy atom. The Kier molecular flexibility index (Phi) is 6.60. The number of halogens is 1. The van der Waals surface area contributed by atoms with Crippen molar-refractivity contribution in [3.8, 4) is 0 Å². The van der Waals surface area contributed by atoms with E-state index in [1.807, 2.05) is 6.92 Å². The molecule has 1 rings (SSSR count). The first-order valence-corrected chi connectivity index (χ1v) is 8.60. The highest BCUT2D eigenvalue weighted by atomic mass is 79.9. The second-order valence-electron chi connectivity index (χ2n) is 4.48. The van der Waals surface area contributed by atoms with Crippen LogP contribution in [-0.4, -0.2) is 32.8 Å². The topological polar surface area (TPSA) is 75.6 Å². The van der Waals surface area contributed by atoms with E-state index in [0.717, 1.165) is 0 Å². The van der Waals surface area contributed by atoms with Crippen LogP contribution in [0.4, 0.5) is 0 Å². The lowest BCUT2D eigenvalue weighted by Gasteiger charge is -2.15. The molecule has 0 saturated heterocycles. The summed E-state index contributed by atoms with van der Waals surface area (Å²) in [4.78, 5) is 0.166. The SMILES string of the molecule is CCOC(C)CNS(=O)(=O)c1cc(CO)cc(Br)c1C. The summed E-state index contributed by atoms with van der Waals surface area (Å²) < 4.78 is 33.1. The van der Waals surface area contributed by atoms with E-state index in [2.05, 4.69) is 20.7 Å². The van der Waals surface area contributed by atoms with Gasteiger partial charge in [0.1, 0.15) is 0 Å². The van der Waals surface area contributed by atoms with Crippen molar-refractivity contribution in [3.05, 3.63) is 27.7 Å². The van der Waals surface area contributed by atoms with Crippen molar-refractivity contribution in [3.63, 3.8) is 0 Å². The number of aliphatic hydroxyl groups excluding tert-OH is 1. The van der Waals surface area contributed by atoms with Gasteiger partial charge in [-0.25, -0.2) is 13.1 Å². The van der Waals surface area contributed by atoms with E-state index in [4.69, 9.17) is 4.74 Å². The van der Waals surface area contributed by atoms with Gasteiger partial charge in [0.2, 0.25) is 10.0 Å². The molecular weight excluding hydrogens is 346 g/mol. The fourth-order valence-electron chi connectivity index (χ4n) is 1.73. The monoisotopic (exact) mass is 365 g/mol. The molecular formula is C13H20BrNO4S. The van der Waals surface area contributed by atoms with Crippen LogP contribution in [0.25, 0.3) is 0 Å². The first-order chi connectivity index (χ1) is 9.31. The molecule has 1 atom stereocenters. The lowest BCUT2D eigenvalue weighted by molar-refractivity contribution is 0.0799. The van der Waals surface area contributed by atoms with Gasteiger partial charge in [-0.3, -0.25) is 0 Å². The summed E-state index contributed by atoms with van der Waals surface area (Å²) in [5.41, 5.74) is 1.15. The fraction of sp³-hybridized carbons (Fsp3) is 0.538. The van der Waals surface area contributed by atoms with Crippen LogP contribution >= 0.6 is 15.9 Å². The van der Waals surface area contributed by atoms with Gasteiger partial charge < -0.3 is 9.84 Å². The van der Waals surface area contributed by atoms with Crippen LogP contribution in [0.5, 0.6) is 0 Å². The van der Waals surface area contributed by atoms with E-state index < -0.39 is 10.0 Å². The third-order valence-electron chi connectivity index (χ3n) is 2.84. The van der Waals surface area contributed by atoms with E-state index in [9.17, 15) is 13.5 Å². The van der Waals surface area contributed by atoms with E-state index >= 15 is 0 Å². The summed E-state index contributed by atoms with van der Waals surface area (Å²) in [5.74, 6) is 0. The standard InChI is InChI=1S/C13H20BrNO4S/c1-4-19-9(2)7-15-20(17,18)13-6-11(8-16)5-12(14)10(13)3/h5-6,9,15-16H,4,7-8H2,1-3H3. The minimum atomic E-state index is -3.63. The molecule has 5 nitrogen and oxygen atoms in total. The molecule has 0 saturated carbocycles. The molecule has 0 radical (unpaired) electrons. The van der Waals surface area contributed by atoms with Gasteiger partial charge in [-0.15, -0.1) is 0 Å². The molecule has 0 aromatic heterocycles. The van der Waals surface area contributed by atoms with Crippen molar-refractivity contribution in [2.45, 2.75) is 38.4 Å². The number of sulfonamides is 1. The van der Waals surface area contributed by atoms with E-state index in [1.54, 1.807) is 19.9 Å². The highest BCUT2D eigenvalue weighted by molar-refractivity contribution is 9.10. The summed E-state index contributed by atoms with van der Waals surface area (Å²) in [5, 5.41) is 9.18. The Balaban J connectivity index is 3.00. The van der Waals surface area contributed by atoms with Gasteiger partial charge >= 0.3 is 0 Å². The van der Waals surface area contributed by atoms with Gasteiger partial charge in [0, 0.05) is 17.6 Å². The number of nitrogens with one attached hydrogen (secondary N) is 1. The Morgan fingerprint density at radius 2 is 2.10 bits per heavy atom. The number of aliphatic hydroxyl groups is 1. The molecule has 0 spiro atoms. The maximum atomic E-state index is 12.3. The molecule has 2 N–H and O–H groups in total. The predicted molar refractivity (Wildman–Crippen MR) is 81.1 cm³/mol. The molecule has 0 heterocycles. The molecule has 7 heteroatoms. The lowest BCUT2D eigenvalue weighted by Crippen LogP contribution is -2.32. The molecule has 0 aliphatic heterocycles. The smallest absolute Gasteiger partial charge is 0.240 e. The van der Waals surface area contributed by atoms with Crippen LogP contribution in [0, 0.1) is 6.92 Å². The van der Waals surface area contributed by atoms with Crippen molar-refractivity contribution < 1.29 is 18.3 Å². The number of rotatable bonds is 7. The molecule has 0 fully saturated rings. The average Bonchev–Trinajstić information content (AvgIpc) is 2.39. The maximum absolute atomic E-state index is 12.3. The lowest BCUT2D eigenvalue weighted by atomic mass is 10.2. The predicted octanol–water partition coefficient (Wildman–Crippen LogP) is 1.95. The Morgan fingerprint density at radius 1 is 1.45 bits per heavy atom. The zero-order chi connectivity index (χ0) is 15.3. The molecule has 0 aliphatic rings. The zero-order valence-corrected chi connectivity index (χ0v) is 14.2. The molecule has 114 valence electrons. The zero-order valence-electron chi connectivity index (χ0n) is 11.8. The van der Waals surface area contributed by atoms with Gasteiger partial charge in [0.05, 0.1) is 17.6 Å². The van der Waals surface area contributed by atoms with E-state index in [-0.39, 0.29) is 24.2 Å². The van der Waals surface area contributed by atoms with Crippen LogP contribution in [0.1, 0.15) is 25.0 Å². The van der Waals surface area contributed by atoms with Gasteiger partial charge in [-0.1, -0.05) is 15.9 Å². The quantitative estimate of drug-likeness (QED) is 0.774. The third-order valence-corrected chi connectivity index (χ3v) is 5.21. The van der Waals surface area contributed by atoms with Gasteiger partial charge in [0.15, 0.2) is 0 Å². The van der Waals surface area contributed by atoms with E-state index in [1.165, 1.54) is 6.07 Å². The number of hydrogen-bond donors (Lipinski definition) is 2. The van der Waals surface area contributed by atoms with Crippen molar-refractivity contribution >= 4 is 26.0 Å². The van der Waals surface area contributed by atoms with Crippen LogP contribution in [-0.2, 0) is 21.4 Å². The maximum Gasteiger partial charge on any atom is 0.240 e. The first-order valence-electron chi connectivity index (χ1n) is 6.33. The number of ether oxygens (including phenoxy) is 1. The summed E-state index contributed by atoms with van der Waals surface area (Å²) in [6.07, 6.45) is -0.195. The second-order valence-corrected chi connectivity index (χ2v) is 7.07. The summed E-state index contributed by atoms with van der Waals surface area (Å²) in [6.45, 7) is 5.91. The molecule has 0 aliphatic carbocycles. The fourth-order valence-corrected chi connectivity index (χ4v) is 3.79. The Labute approximate surface area is 128 Å². The molecule has 0 bridgehead atoms. The van der Waals surface area contributed by atoms with Crippen molar-refractivity contribution in [2.75, 3.05) is 13.2 Å². The number of benzene rings is 1. The van der Waals surface area contributed by atoms with Gasteiger partial charge in [0.25, 0.3) is 0 Å². The highest BCUT2D eigenvalue weighted by Gasteiger charge is 2.20. The molecule has 1 aromatic rings. The van der Waals surface area contributed by atoms with Gasteiger partial charge in [-0.05, 0) is 44.0 Å². The van der Waals surface area contributed by atoms with Crippen LogP contribution in [0.3, 0.4) is 0 Å².